The fourth-order valence-corrected chi connectivity index (χ4v) is 2.08. The molecule has 0 aliphatic carbocycles. The van der Waals surface area contributed by atoms with Crippen LogP contribution < -0.4 is 4.74 Å². The number of benzene rings is 1. The van der Waals surface area contributed by atoms with Crippen molar-refractivity contribution in [3.8, 4) is 5.75 Å². The molecule has 0 saturated carbocycles. The van der Waals surface area contributed by atoms with Crippen LogP contribution in [0.25, 0.3) is 0 Å². The van der Waals surface area contributed by atoms with Crippen molar-refractivity contribution < 1.29 is 9.53 Å². The highest BCUT2D eigenvalue weighted by Crippen LogP contribution is 2.22. The van der Waals surface area contributed by atoms with E-state index in [2.05, 4.69) is 4.98 Å². The summed E-state index contributed by atoms with van der Waals surface area (Å²) in [6, 6.07) is 11.4. The molecule has 1 amide bonds. The van der Waals surface area contributed by atoms with Crippen molar-refractivity contribution in [2.45, 2.75) is 19.9 Å². The van der Waals surface area contributed by atoms with Crippen molar-refractivity contribution in [1.82, 2.24) is 9.88 Å². The van der Waals surface area contributed by atoms with E-state index in [9.17, 15) is 4.79 Å². The minimum Gasteiger partial charge on any atom is -0.497 e. The average molecular weight is 284 g/mol. The molecule has 0 bridgehead atoms. The van der Waals surface area contributed by atoms with Gasteiger partial charge in [0.1, 0.15) is 5.75 Å². The number of amides is 1. The number of rotatable bonds is 4. The van der Waals surface area contributed by atoms with E-state index < -0.39 is 0 Å². The maximum atomic E-state index is 12.5. The van der Waals surface area contributed by atoms with Gasteiger partial charge in [-0.3, -0.25) is 9.78 Å². The third-order valence-electron chi connectivity index (χ3n) is 3.66. The highest BCUT2D eigenvalue weighted by molar-refractivity contribution is 5.94. The zero-order chi connectivity index (χ0) is 15.4. The molecule has 1 heterocycles. The Kier molecular flexibility index (Phi) is 4.58. The lowest BCUT2D eigenvalue weighted by molar-refractivity contribution is 0.0742. The number of ether oxygens (including phenoxy) is 1. The first-order valence-electron chi connectivity index (χ1n) is 6.86. The maximum Gasteiger partial charge on any atom is 0.255 e. The largest absolute Gasteiger partial charge is 0.497 e. The second-order valence-electron chi connectivity index (χ2n) is 5.05. The van der Waals surface area contributed by atoms with Crippen molar-refractivity contribution in [3.63, 3.8) is 0 Å². The van der Waals surface area contributed by atoms with Crippen LogP contribution in [-0.4, -0.2) is 29.9 Å². The van der Waals surface area contributed by atoms with Crippen LogP contribution in [0.4, 0.5) is 0 Å². The summed E-state index contributed by atoms with van der Waals surface area (Å²) in [6.07, 6.45) is 1.62. The summed E-state index contributed by atoms with van der Waals surface area (Å²) in [7, 11) is 3.44. The molecule has 0 radical (unpaired) electrons. The number of hydrogen-bond donors (Lipinski definition) is 0. The van der Waals surface area contributed by atoms with E-state index in [0.717, 1.165) is 17.0 Å². The topological polar surface area (TPSA) is 42.4 Å². The highest BCUT2D eigenvalue weighted by atomic mass is 16.5. The summed E-state index contributed by atoms with van der Waals surface area (Å²) in [5.74, 6) is 0.772. The van der Waals surface area contributed by atoms with Crippen LogP contribution in [0.1, 0.15) is 34.6 Å². The molecule has 0 spiro atoms. The summed E-state index contributed by atoms with van der Waals surface area (Å²) in [5, 5.41) is 0. The van der Waals surface area contributed by atoms with Crippen LogP contribution in [0.5, 0.6) is 5.75 Å². The molecule has 1 aromatic carbocycles. The van der Waals surface area contributed by atoms with Crippen molar-refractivity contribution in [2.24, 2.45) is 0 Å². The Morgan fingerprint density at radius 1 is 1.19 bits per heavy atom. The normalized spacial score (nSPS) is 11.8. The number of pyridine rings is 1. The zero-order valence-corrected chi connectivity index (χ0v) is 12.8. The van der Waals surface area contributed by atoms with Gasteiger partial charge >= 0.3 is 0 Å². The lowest BCUT2D eigenvalue weighted by Crippen LogP contribution is -2.29. The maximum absolute atomic E-state index is 12.5. The van der Waals surface area contributed by atoms with Crippen molar-refractivity contribution in [1.29, 1.82) is 0 Å². The van der Waals surface area contributed by atoms with Gasteiger partial charge in [0.25, 0.3) is 5.91 Å². The molecule has 0 aliphatic heterocycles. The summed E-state index contributed by atoms with van der Waals surface area (Å²) in [6.45, 7) is 3.90. The van der Waals surface area contributed by atoms with E-state index in [4.69, 9.17) is 4.74 Å². The zero-order valence-electron chi connectivity index (χ0n) is 12.8. The number of carbonyl (C=O) groups is 1. The molecule has 2 rings (SSSR count). The number of aromatic nitrogens is 1. The first-order valence-corrected chi connectivity index (χ1v) is 6.86. The molecule has 0 N–H and O–H groups in total. The van der Waals surface area contributed by atoms with E-state index in [1.807, 2.05) is 50.2 Å². The molecule has 0 fully saturated rings. The Balaban J connectivity index is 2.15. The Morgan fingerprint density at radius 3 is 2.38 bits per heavy atom. The summed E-state index contributed by atoms with van der Waals surface area (Å²) in [5.41, 5.74) is 2.56. The number of carbonyl (C=O) groups excluding carboxylic acids is 1. The van der Waals surface area contributed by atoms with Gasteiger partial charge in [-0.1, -0.05) is 12.1 Å². The molecule has 2 aromatic rings. The molecular formula is C17H20N2O2. The number of nitrogens with zero attached hydrogens (tertiary/aromatic N) is 2. The van der Waals surface area contributed by atoms with Gasteiger partial charge in [0, 0.05) is 18.9 Å². The van der Waals surface area contributed by atoms with Gasteiger partial charge < -0.3 is 9.64 Å². The molecule has 0 saturated heterocycles. The van der Waals surface area contributed by atoms with Gasteiger partial charge in [-0.25, -0.2) is 0 Å². The Labute approximate surface area is 125 Å². The second-order valence-corrected chi connectivity index (χ2v) is 5.05. The molecule has 110 valence electrons. The van der Waals surface area contributed by atoms with Gasteiger partial charge in [-0.05, 0) is 43.7 Å². The lowest BCUT2D eigenvalue weighted by atomic mass is 10.1. The number of hydrogen-bond acceptors (Lipinski definition) is 3. The highest BCUT2D eigenvalue weighted by Gasteiger charge is 2.19. The van der Waals surface area contributed by atoms with E-state index in [1.165, 1.54) is 0 Å². The Morgan fingerprint density at radius 2 is 1.86 bits per heavy atom. The van der Waals surface area contributed by atoms with Crippen molar-refractivity contribution in [3.05, 3.63) is 59.4 Å². The van der Waals surface area contributed by atoms with Gasteiger partial charge in [-0.15, -0.1) is 0 Å². The van der Waals surface area contributed by atoms with Gasteiger partial charge in [0.15, 0.2) is 0 Å². The summed E-state index contributed by atoms with van der Waals surface area (Å²) in [4.78, 5) is 18.3. The molecule has 1 atom stereocenters. The summed E-state index contributed by atoms with van der Waals surface area (Å²) < 4.78 is 5.15. The predicted octanol–water partition coefficient (Wildman–Crippen LogP) is 3.23. The minimum atomic E-state index is -0.0363. The average Bonchev–Trinajstić information content (AvgIpc) is 2.53. The van der Waals surface area contributed by atoms with Crippen LogP contribution in [0, 0.1) is 6.92 Å². The molecule has 4 heteroatoms. The molecule has 1 aromatic heterocycles. The third kappa shape index (κ3) is 3.40. The van der Waals surface area contributed by atoms with Gasteiger partial charge in [0.2, 0.25) is 0 Å². The van der Waals surface area contributed by atoms with Gasteiger partial charge in [-0.2, -0.15) is 0 Å². The van der Waals surface area contributed by atoms with Crippen LogP contribution in [-0.2, 0) is 0 Å². The van der Waals surface area contributed by atoms with E-state index in [0.29, 0.717) is 5.56 Å². The van der Waals surface area contributed by atoms with Crippen LogP contribution in [0.2, 0.25) is 0 Å². The smallest absolute Gasteiger partial charge is 0.255 e. The fourth-order valence-electron chi connectivity index (χ4n) is 2.08. The Hall–Kier alpha value is -2.36. The second kappa shape index (κ2) is 6.39. The molecule has 0 aliphatic rings. The first-order chi connectivity index (χ1) is 10.0. The standard InChI is InChI=1S/C17H20N2O2/c1-12-5-6-15(11-18-12)17(20)19(3)13(2)14-7-9-16(21-4)10-8-14/h5-11,13H,1-4H3. The molecule has 4 nitrogen and oxygen atoms in total. The molecule has 21 heavy (non-hydrogen) atoms. The number of aryl methyl sites for hydroxylation is 1. The van der Waals surface area contributed by atoms with E-state index in [1.54, 1.807) is 25.3 Å². The quantitative estimate of drug-likeness (QED) is 0.865. The van der Waals surface area contributed by atoms with Gasteiger partial charge in [0.05, 0.1) is 18.7 Å². The van der Waals surface area contributed by atoms with Crippen LogP contribution in [0.3, 0.4) is 0 Å². The number of methoxy groups -OCH3 is 1. The van der Waals surface area contributed by atoms with Crippen molar-refractivity contribution in [2.75, 3.05) is 14.2 Å². The third-order valence-corrected chi connectivity index (χ3v) is 3.66. The predicted molar refractivity (Wildman–Crippen MR) is 82.5 cm³/mol. The first kappa shape index (κ1) is 15.0. The van der Waals surface area contributed by atoms with Crippen molar-refractivity contribution >= 4 is 5.91 Å². The summed E-state index contributed by atoms with van der Waals surface area (Å²) >= 11 is 0. The minimum absolute atomic E-state index is 0.0234. The lowest BCUT2D eigenvalue weighted by Gasteiger charge is -2.25. The van der Waals surface area contributed by atoms with E-state index >= 15 is 0 Å². The van der Waals surface area contributed by atoms with Crippen LogP contribution in [0.15, 0.2) is 42.6 Å². The Bertz CT molecular complexity index is 606. The molecular weight excluding hydrogens is 264 g/mol. The SMILES string of the molecule is COc1ccc(C(C)N(C)C(=O)c2ccc(C)nc2)cc1. The molecule has 1 unspecified atom stereocenters. The fraction of sp³-hybridized carbons (Fsp3) is 0.294. The van der Waals surface area contributed by atoms with Crippen LogP contribution >= 0.6 is 0 Å². The monoisotopic (exact) mass is 284 g/mol. The van der Waals surface area contributed by atoms with E-state index in [-0.39, 0.29) is 11.9 Å².